The number of benzene rings is 1. The molecule has 1 aromatic carbocycles. The number of rotatable bonds is 5. The molecule has 1 aliphatic rings. The van der Waals surface area contributed by atoms with Gasteiger partial charge in [0.05, 0.1) is 6.42 Å². The van der Waals surface area contributed by atoms with Crippen LogP contribution in [-0.2, 0) is 11.2 Å². The smallest absolute Gasteiger partial charge is 0.231 e. The highest BCUT2D eigenvalue weighted by molar-refractivity contribution is 5.78. The SMILES string of the molecule is CN(CC(C)(C)CN)C(=O)Cc1ccc2c(c1)OCO2. The zero-order chi connectivity index (χ0) is 14.8. The van der Waals surface area contributed by atoms with Gasteiger partial charge in [-0.05, 0) is 29.7 Å². The van der Waals surface area contributed by atoms with Gasteiger partial charge in [0, 0.05) is 13.6 Å². The molecule has 1 heterocycles. The average molecular weight is 278 g/mol. The van der Waals surface area contributed by atoms with Crippen LogP contribution in [0.15, 0.2) is 18.2 Å². The van der Waals surface area contributed by atoms with E-state index >= 15 is 0 Å². The van der Waals surface area contributed by atoms with Crippen LogP contribution in [0.1, 0.15) is 19.4 Å². The van der Waals surface area contributed by atoms with Crippen molar-refractivity contribution in [3.63, 3.8) is 0 Å². The summed E-state index contributed by atoms with van der Waals surface area (Å²) in [5.41, 5.74) is 6.56. The van der Waals surface area contributed by atoms with Gasteiger partial charge in [-0.25, -0.2) is 0 Å². The van der Waals surface area contributed by atoms with Crippen molar-refractivity contribution in [1.82, 2.24) is 4.90 Å². The highest BCUT2D eigenvalue weighted by Gasteiger charge is 2.22. The summed E-state index contributed by atoms with van der Waals surface area (Å²) >= 11 is 0. The van der Waals surface area contributed by atoms with Gasteiger partial charge in [0.2, 0.25) is 12.7 Å². The molecule has 0 atom stereocenters. The molecule has 1 aliphatic heterocycles. The van der Waals surface area contributed by atoms with Crippen LogP contribution >= 0.6 is 0 Å². The van der Waals surface area contributed by atoms with Gasteiger partial charge in [-0.15, -0.1) is 0 Å². The van der Waals surface area contributed by atoms with Gasteiger partial charge in [0.15, 0.2) is 11.5 Å². The molecule has 0 bridgehead atoms. The van der Waals surface area contributed by atoms with E-state index in [0.717, 1.165) is 11.3 Å². The van der Waals surface area contributed by atoms with E-state index in [0.29, 0.717) is 25.3 Å². The first-order valence-electron chi connectivity index (χ1n) is 6.74. The Balaban J connectivity index is 1.97. The largest absolute Gasteiger partial charge is 0.454 e. The fourth-order valence-electron chi connectivity index (χ4n) is 2.16. The first-order valence-corrected chi connectivity index (χ1v) is 6.74. The lowest BCUT2D eigenvalue weighted by atomic mass is 9.93. The van der Waals surface area contributed by atoms with Crippen LogP contribution in [0, 0.1) is 5.41 Å². The number of hydrogen-bond acceptors (Lipinski definition) is 4. The Morgan fingerprint density at radius 3 is 2.75 bits per heavy atom. The van der Waals surface area contributed by atoms with E-state index in [1.807, 2.05) is 25.2 Å². The van der Waals surface area contributed by atoms with Crippen LogP contribution < -0.4 is 15.2 Å². The average Bonchev–Trinajstić information content (AvgIpc) is 2.85. The van der Waals surface area contributed by atoms with Crippen LogP contribution in [-0.4, -0.2) is 37.7 Å². The predicted molar refractivity (Wildman–Crippen MR) is 76.7 cm³/mol. The Hall–Kier alpha value is -1.75. The molecule has 0 radical (unpaired) electrons. The van der Waals surface area contributed by atoms with Gasteiger partial charge < -0.3 is 20.1 Å². The molecular formula is C15H22N2O3. The van der Waals surface area contributed by atoms with Crippen molar-refractivity contribution in [2.45, 2.75) is 20.3 Å². The lowest BCUT2D eigenvalue weighted by molar-refractivity contribution is -0.130. The van der Waals surface area contributed by atoms with Crippen molar-refractivity contribution in [3.8, 4) is 11.5 Å². The number of amides is 1. The number of nitrogens with two attached hydrogens (primary N) is 1. The van der Waals surface area contributed by atoms with Gasteiger partial charge in [0.25, 0.3) is 0 Å². The summed E-state index contributed by atoms with van der Waals surface area (Å²) in [7, 11) is 1.81. The molecule has 0 aromatic heterocycles. The van der Waals surface area contributed by atoms with E-state index in [4.69, 9.17) is 15.2 Å². The molecule has 5 nitrogen and oxygen atoms in total. The van der Waals surface area contributed by atoms with Crippen molar-refractivity contribution in [2.24, 2.45) is 11.1 Å². The lowest BCUT2D eigenvalue weighted by Crippen LogP contribution is -2.40. The van der Waals surface area contributed by atoms with E-state index in [1.54, 1.807) is 4.90 Å². The zero-order valence-electron chi connectivity index (χ0n) is 12.3. The highest BCUT2D eigenvalue weighted by Crippen LogP contribution is 2.32. The van der Waals surface area contributed by atoms with E-state index in [1.165, 1.54) is 0 Å². The maximum absolute atomic E-state index is 12.2. The standard InChI is InChI=1S/C15H22N2O3/c1-15(2,8-16)9-17(3)14(18)7-11-4-5-12-13(6-11)20-10-19-12/h4-6H,7-10,16H2,1-3H3. The van der Waals surface area contributed by atoms with E-state index in [9.17, 15) is 4.79 Å². The molecule has 1 amide bonds. The minimum absolute atomic E-state index is 0.0701. The van der Waals surface area contributed by atoms with Crippen molar-refractivity contribution >= 4 is 5.91 Å². The molecule has 110 valence electrons. The summed E-state index contributed by atoms with van der Waals surface area (Å²) in [5, 5.41) is 0. The monoisotopic (exact) mass is 278 g/mol. The molecule has 20 heavy (non-hydrogen) atoms. The number of likely N-dealkylation sites (N-methyl/N-ethyl adjacent to an activating group) is 1. The maximum atomic E-state index is 12.2. The van der Waals surface area contributed by atoms with Gasteiger partial charge in [-0.3, -0.25) is 4.79 Å². The third-order valence-electron chi connectivity index (χ3n) is 3.44. The summed E-state index contributed by atoms with van der Waals surface area (Å²) in [5.74, 6) is 1.52. The topological polar surface area (TPSA) is 64.8 Å². The first-order chi connectivity index (χ1) is 9.41. The fraction of sp³-hybridized carbons (Fsp3) is 0.533. The Morgan fingerprint density at radius 2 is 2.05 bits per heavy atom. The summed E-state index contributed by atoms with van der Waals surface area (Å²) in [4.78, 5) is 14.0. The third kappa shape index (κ3) is 3.42. The minimum Gasteiger partial charge on any atom is -0.454 e. The number of hydrogen-bond donors (Lipinski definition) is 1. The number of nitrogens with zero attached hydrogens (tertiary/aromatic N) is 1. The second-order valence-corrected chi connectivity index (χ2v) is 5.98. The first kappa shape index (κ1) is 14.7. The molecule has 0 aliphatic carbocycles. The van der Waals surface area contributed by atoms with Crippen molar-refractivity contribution in [2.75, 3.05) is 26.9 Å². The normalized spacial score (nSPS) is 13.4. The van der Waals surface area contributed by atoms with Crippen LogP contribution in [0.5, 0.6) is 11.5 Å². The Bertz CT molecular complexity index is 500. The highest BCUT2D eigenvalue weighted by atomic mass is 16.7. The molecular weight excluding hydrogens is 256 g/mol. The zero-order valence-corrected chi connectivity index (χ0v) is 12.3. The minimum atomic E-state index is -0.0701. The number of ether oxygens (including phenoxy) is 2. The van der Waals surface area contributed by atoms with Crippen LogP contribution in [0.2, 0.25) is 0 Å². The third-order valence-corrected chi connectivity index (χ3v) is 3.44. The van der Waals surface area contributed by atoms with Crippen LogP contribution in [0.25, 0.3) is 0 Å². The fourth-order valence-corrected chi connectivity index (χ4v) is 2.16. The molecule has 0 saturated carbocycles. The van der Waals surface area contributed by atoms with Gasteiger partial charge in [0.1, 0.15) is 0 Å². The van der Waals surface area contributed by atoms with Crippen LogP contribution in [0.3, 0.4) is 0 Å². The Labute approximate surface area is 119 Å². The lowest BCUT2D eigenvalue weighted by Gasteiger charge is -2.29. The summed E-state index contributed by atoms with van der Waals surface area (Å²) in [6, 6.07) is 5.60. The Morgan fingerprint density at radius 1 is 1.35 bits per heavy atom. The summed E-state index contributed by atoms with van der Waals surface area (Å²) in [6.45, 7) is 5.55. The number of carbonyl (C=O) groups excluding carboxylic acids is 1. The van der Waals surface area contributed by atoms with E-state index < -0.39 is 0 Å². The van der Waals surface area contributed by atoms with Gasteiger partial charge in [-0.2, -0.15) is 0 Å². The number of carbonyl (C=O) groups is 1. The van der Waals surface area contributed by atoms with Gasteiger partial charge >= 0.3 is 0 Å². The Kier molecular flexibility index (Phi) is 4.18. The second kappa shape index (κ2) is 5.71. The van der Waals surface area contributed by atoms with Crippen molar-refractivity contribution < 1.29 is 14.3 Å². The van der Waals surface area contributed by atoms with Gasteiger partial charge in [-0.1, -0.05) is 19.9 Å². The quantitative estimate of drug-likeness (QED) is 0.884. The van der Waals surface area contributed by atoms with E-state index in [-0.39, 0.29) is 18.1 Å². The molecule has 0 fully saturated rings. The molecule has 5 heteroatoms. The molecule has 2 rings (SSSR count). The van der Waals surface area contributed by atoms with Crippen molar-refractivity contribution in [3.05, 3.63) is 23.8 Å². The second-order valence-electron chi connectivity index (χ2n) is 5.98. The molecule has 2 N–H and O–H groups in total. The summed E-state index contributed by atoms with van der Waals surface area (Å²) < 4.78 is 10.6. The summed E-state index contributed by atoms with van der Waals surface area (Å²) in [6.07, 6.45) is 0.355. The molecule has 0 saturated heterocycles. The predicted octanol–water partition coefficient (Wildman–Crippen LogP) is 1.40. The molecule has 0 unspecified atom stereocenters. The maximum Gasteiger partial charge on any atom is 0.231 e. The van der Waals surface area contributed by atoms with Crippen LogP contribution in [0.4, 0.5) is 0 Å². The number of fused-ring (bicyclic) bond motifs is 1. The van der Waals surface area contributed by atoms with E-state index in [2.05, 4.69) is 13.8 Å². The van der Waals surface area contributed by atoms with Crippen molar-refractivity contribution in [1.29, 1.82) is 0 Å². The molecule has 0 spiro atoms. The molecule has 1 aromatic rings.